The predicted molar refractivity (Wildman–Crippen MR) is 112 cm³/mol. The Labute approximate surface area is 166 Å². The fourth-order valence-electron chi connectivity index (χ4n) is 3.00. The first-order chi connectivity index (χ1) is 13.1. The lowest BCUT2D eigenvalue weighted by Gasteiger charge is -2.26. The summed E-state index contributed by atoms with van der Waals surface area (Å²) in [5.41, 5.74) is 4.72. The molecule has 2 aromatic carbocycles. The molecule has 27 heavy (non-hydrogen) atoms. The van der Waals surface area contributed by atoms with Gasteiger partial charge in [0.2, 0.25) is 5.91 Å². The van der Waals surface area contributed by atoms with Crippen molar-refractivity contribution < 1.29 is 9.53 Å². The van der Waals surface area contributed by atoms with Crippen molar-refractivity contribution in [3.63, 3.8) is 0 Å². The molecule has 0 saturated carbocycles. The number of amides is 1. The van der Waals surface area contributed by atoms with Crippen molar-refractivity contribution in [1.82, 2.24) is 4.90 Å². The van der Waals surface area contributed by atoms with E-state index in [1.807, 2.05) is 12.1 Å². The number of hydrogen-bond acceptors (Lipinski definition) is 4. The molecule has 0 aliphatic carbocycles. The monoisotopic (exact) mass is 384 g/mol. The number of nitrogens with one attached hydrogen (secondary N) is 1. The first kappa shape index (κ1) is 19.9. The van der Waals surface area contributed by atoms with Crippen LogP contribution in [-0.4, -0.2) is 42.9 Å². The van der Waals surface area contributed by atoms with E-state index in [2.05, 4.69) is 54.4 Å². The lowest BCUT2D eigenvalue weighted by atomic mass is 10.1. The molecule has 0 radical (unpaired) electrons. The van der Waals surface area contributed by atoms with Gasteiger partial charge in [-0.1, -0.05) is 18.2 Å². The Morgan fingerprint density at radius 3 is 2.52 bits per heavy atom. The van der Waals surface area contributed by atoms with Crippen molar-refractivity contribution in [1.29, 1.82) is 0 Å². The second-order valence-corrected chi connectivity index (χ2v) is 8.15. The number of rotatable bonds is 7. The van der Waals surface area contributed by atoms with E-state index in [1.54, 1.807) is 11.8 Å². The lowest BCUT2D eigenvalue weighted by Crippen LogP contribution is -2.35. The van der Waals surface area contributed by atoms with Crippen LogP contribution < -0.4 is 5.32 Å². The summed E-state index contributed by atoms with van der Waals surface area (Å²) in [7, 11) is 0. The van der Waals surface area contributed by atoms with Crippen LogP contribution in [0.1, 0.15) is 23.1 Å². The summed E-state index contributed by atoms with van der Waals surface area (Å²) < 4.78 is 5.38. The maximum absolute atomic E-state index is 12.2. The molecule has 0 aromatic heterocycles. The maximum atomic E-state index is 12.2. The zero-order valence-corrected chi connectivity index (χ0v) is 17.0. The van der Waals surface area contributed by atoms with Crippen molar-refractivity contribution in [2.24, 2.45) is 0 Å². The molecule has 1 fully saturated rings. The van der Waals surface area contributed by atoms with Crippen LogP contribution in [0.5, 0.6) is 0 Å². The Morgan fingerprint density at radius 2 is 1.81 bits per heavy atom. The van der Waals surface area contributed by atoms with E-state index in [1.165, 1.54) is 21.6 Å². The molecule has 1 heterocycles. The van der Waals surface area contributed by atoms with Gasteiger partial charge in [-0.05, 0) is 54.8 Å². The molecule has 0 spiro atoms. The van der Waals surface area contributed by atoms with E-state index in [-0.39, 0.29) is 5.91 Å². The molecule has 1 N–H and O–H groups in total. The largest absolute Gasteiger partial charge is 0.379 e. The van der Waals surface area contributed by atoms with Crippen LogP contribution in [0.2, 0.25) is 0 Å². The summed E-state index contributed by atoms with van der Waals surface area (Å²) in [5.74, 6) is 0.843. The van der Waals surface area contributed by atoms with Crippen LogP contribution in [0.4, 0.5) is 5.69 Å². The van der Waals surface area contributed by atoms with Gasteiger partial charge in [-0.15, -0.1) is 11.8 Å². The third-order valence-corrected chi connectivity index (χ3v) is 5.82. The Kier molecular flexibility index (Phi) is 7.33. The summed E-state index contributed by atoms with van der Waals surface area (Å²) in [6.07, 6.45) is 0.507. The molecule has 3 rings (SSSR count). The molecule has 1 aliphatic heterocycles. The Hall–Kier alpha value is -1.82. The minimum Gasteiger partial charge on any atom is -0.379 e. The van der Waals surface area contributed by atoms with E-state index >= 15 is 0 Å². The summed E-state index contributed by atoms with van der Waals surface area (Å²) >= 11 is 1.73. The van der Waals surface area contributed by atoms with Crippen LogP contribution in [0.15, 0.2) is 47.4 Å². The topological polar surface area (TPSA) is 41.6 Å². The highest BCUT2D eigenvalue weighted by Crippen LogP contribution is 2.22. The van der Waals surface area contributed by atoms with Gasteiger partial charge in [-0.2, -0.15) is 0 Å². The van der Waals surface area contributed by atoms with E-state index in [4.69, 9.17) is 4.74 Å². The smallest absolute Gasteiger partial charge is 0.225 e. The molecule has 0 unspecified atom stereocenters. The van der Waals surface area contributed by atoms with Gasteiger partial charge >= 0.3 is 0 Å². The molecule has 1 amide bonds. The quantitative estimate of drug-likeness (QED) is 0.725. The number of carbonyl (C=O) groups is 1. The van der Waals surface area contributed by atoms with Crippen LogP contribution >= 0.6 is 11.8 Å². The zero-order valence-electron chi connectivity index (χ0n) is 16.2. The summed E-state index contributed by atoms with van der Waals surface area (Å²) in [6, 6.07) is 14.6. The second-order valence-electron chi connectivity index (χ2n) is 6.98. The Morgan fingerprint density at radius 1 is 1.07 bits per heavy atom. The number of ether oxygens (including phenoxy) is 1. The van der Waals surface area contributed by atoms with Gasteiger partial charge in [0.1, 0.15) is 0 Å². The van der Waals surface area contributed by atoms with Crippen molar-refractivity contribution in [2.45, 2.75) is 31.7 Å². The van der Waals surface area contributed by atoms with E-state index in [0.717, 1.165) is 44.3 Å². The molecular formula is C22H28N2O2S. The number of morpholine rings is 1. The van der Waals surface area contributed by atoms with Crippen molar-refractivity contribution >= 4 is 23.4 Å². The van der Waals surface area contributed by atoms with Gasteiger partial charge < -0.3 is 10.1 Å². The SMILES string of the molecule is Cc1ccc(SCCC(=O)Nc2ccc(CN3CCOCC3)cc2)cc1C. The van der Waals surface area contributed by atoms with Crippen LogP contribution in [0.3, 0.4) is 0 Å². The molecule has 0 atom stereocenters. The zero-order chi connectivity index (χ0) is 19.1. The molecule has 4 nitrogen and oxygen atoms in total. The number of anilines is 1. The molecule has 5 heteroatoms. The highest BCUT2D eigenvalue weighted by atomic mass is 32.2. The average molecular weight is 385 g/mol. The minimum atomic E-state index is 0.0623. The molecule has 0 bridgehead atoms. The first-order valence-corrected chi connectivity index (χ1v) is 10.5. The summed E-state index contributed by atoms with van der Waals surface area (Å²) in [4.78, 5) is 15.8. The highest BCUT2D eigenvalue weighted by molar-refractivity contribution is 7.99. The van der Waals surface area contributed by atoms with Gasteiger partial charge in [0, 0.05) is 42.4 Å². The lowest BCUT2D eigenvalue weighted by molar-refractivity contribution is -0.115. The standard InChI is InChI=1S/C22H28N2O2S/c1-17-3-8-21(15-18(17)2)27-14-9-22(25)23-20-6-4-19(5-7-20)16-24-10-12-26-13-11-24/h3-8,15H,9-14,16H2,1-2H3,(H,23,25). The fraction of sp³-hybridized carbons (Fsp3) is 0.409. The van der Waals surface area contributed by atoms with Crippen molar-refractivity contribution in [3.8, 4) is 0 Å². The normalized spacial score (nSPS) is 14.9. The van der Waals surface area contributed by atoms with Gasteiger partial charge in [0.05, 0.1) is 13.2 Å². The number of hydrogen-bond donors (Lipinski definition) is 1. The second kappa shape index (κ2) is 9.93. The van der Waals surface area contributed by atoms with Crippen LogP contribution in [0, 0.1) is 13.8 Å². The first-order valence-electron chi connectivity index (χ1n) is 9.49. The summed E-state index contributed by atoms with van der Waals surface area (Å²) in [5, 5.41) is 2.99. The van der Waals surface area contributed by atoms with Crippen LogP contribution in [-0.2, 0) is 16.1 Å². The maximum Gasteiger partial charge on any atom is 0.225 e. The third-order valence-electron chi connectivity index (χ3n) is 4.82. The fourth-order valence-corrected chi connectivity index (χ4v) is 3.95. The van der Waals surface area contributed by atoms with Gasteiger partial charge in [0.15, 0.2) is 0 Å². The van der Waals surface area contributed by atoms with E-state index in [9.17, 15) is 4.79 Å². The number of nitrogens with zero attached hydrogens (tertiary/aromatic N) is 1. The van der Waals surface area contributed by atoms with E-state index < -0.39 is 0 Å². The number of carbonyl (C=O) groups excluding carboxylic acids is 1. The highest BCUT2D eigenvalue weighted by Gasteiger charge is 2.10. The Balaban J connectivity index is 1.41. The molecule has 2 aromatic rings. The van der Waals surface area contributed by atoms with Gasteiger partial charge in [-0.25, -0.2) is 0 Å². The average Bonchev–Trinajstić information content (AvgIpc) is 2.67. The number of aryl methyl sites for hydroxylation is 2. The summed E-state index contributed by atoms with van der Waals surface area (Å²) in [6.45, 7) is 8.76. The number of thioether (sulfide) groups is 1. The molecule has 144 valence electrons. The number of benzene rings is 2. The molecule has 1 saturated heterocycles. The van der Waals surface area contributed by atoms with Crippen molar-refractivity contribution in [3.05, 3.63) is 59.2 Å². The molecular weight excluding hydrogens is 356 g/mol. The third kappa shape index (κ3) is 6.38. The Bertz CT molecular complexity index is 755. The minimum absolute atomic E-state index is 0.0623. The van der Waals surface area contributed by atoms with E-state index in [0.29, 0.717) is 6.42 Å². The van der Waals surface area contributed by atoms with Crippen LogP contribution in [0.25, 0.3) is 0 Å². The van der Waals surface area contributed by atoms with Gasteiger partial charge in [-0.3, -0.25) is 9.69 Å². The van der Waals surface area contributed by atoms with Crippen molar-refractivity contribution in [2.75, 3.05) is 37.4 Å². The molecule has 1 aliphatic rings. The predicted octanol–water partition coefficient (Wildman–Crippen LogP) is 4.26. The van der Waals surface area contributed by atoms with Gasteiger partial charge in [0.25, 0.3) is 0 Å².